The van der Waals surface area contributed by atoms with E-state index < -0.39 is 33.5 Å². The third-order valence-corrected chi connectivity index (χ3v) is 10.6. The van der Waals surface area contributed by atoms with Crippen LogP contribution in [0.1, 0.15) is 56.1 Å². The van der Waals surface area contributed by atoms with Gasteiger partial charge in [0.2, 0.25) is 15.9 Å². The summed E-state index contributed by atoms with van der Waals surface area (Å²) in [4.78, 5) is 23.1. The Bertz CT molecular complexity index is 1670. The van der Waals surface area contributed by atoms with Crippen molar-refractivity contribution in [2.75, 3.05) is 23.8 Å². The van der Waals surface area contributed by atoms with Gasteiger partial charge in [0.1, 0.15) is 22.9 Å². The number of aromatic hydroxyl groups is 1. The number of hydrogen-bond acceptors (Lipinski definition) is 7. The van der Waals surface area contributed by atoms with Crippen LogP contribution in [0.2, 0.25) is 0 Å². The third kappa shape index (κ3) is 7.15. The monoisotopic (exact) mass is 634 g/mol. The first kappa shape index (κ1) is 32.1. The minimum atomic E-state index is -3.85. The van der Waals surface area contributed by atoms with Crippen molar-refractivity contribution < 1.29 is 37.7 Å². The van der Waals surface area contributed by atoms with Gasteiger partial charge in [0, 0.05) is 31.6 Å². The number of hydrogen-bond donors (Lipinski definition) is 3. The second-order valence-corrected chi connectivity index (χ2v) is 13.5. The summed E-state index contributed by atoms with van der Waals surface area (Å²) in [6.45, 7) is 0. The van der Waals surface area contributed by atoms with E-state index >= 15 is 0 Å². The highest BCUT2D eigenvalue weighted by atomic mass is 32.2. The van der Waals surface area contributed by atoms with Crippen LogP contribution in [0.15, 0.2) is 72.8 Å². The van der Waals surface area contributed by atoms with Crippen LogP contribution in [0.5, 0.6) is 11.5 Å². The number of aliphatic carboxylic acids is 1. The van der Waals surface area contributed by atoms with E-state index in [0.29, 0.717) is 36.4 Å². The molecule has 0 spiro atoms. The lowest BCUT2D eigenvalue weighted by molar-refractivity contribution is -0.137. The summed E-state index contributed by atoms with van der Waals surface area (Å²) in [5, 5.41) is 20.7. The molecular weight excluding hydrogens is 596 g/mol. The van der Waals surface area contributed by atoms with Crippen LogP contribution >= 0.6 is 0 Å². The van der Waals surface area contributed by atoms with E-state index in [1.807, 2.05) is 12.1 Å². The first-order valence-electron chi connectivity index (χ1n) is 15.0. The van der Waals surface area contributed by atoms with Gasteiger partial charge in [-0.05, 0) is 77.9 Å². The molecule has 0 radical (unpaired) electrons. The number of anilines is 2. The van der Waals surface area contributed by atoms with Crippen LogP contribution in [0.25, 0.3) is 11.1 Å². The summed E-state index contributed by atoms with van der Waals surface area (Å²) in [6, 6.07) is 21.0. The highest BCUT2D eigenvalue weighted by Crippen LogP contribution is 2.51. The van der Waals surface area contributed by atoms with Crippen LogP contribution in [-0.4, -0.2) is 62.1 Å². The number of sulfonamides is 1. The molecule has 238 valence electrons. The number of rotatable bonds is 14. The average Bonchev–Trinajstić information content (AvgIpc) is 3.63. The predicted molar refractivity (Wildman–Crippen MR) is 173 cm³/mol. The van der Waals surface area contributed by atoms with E-state index in [-0.39, 0.29) is 24.5 Å². The summed E-state index contributed by atoms with van der Waals surface area (Å²) < 4.78 is 41.0. The minimum Gasteiger partial charge on any atom is -0.508 e. The Balaban J connectivity index is 1.36. The van der Waals surface area contributed by atoms with Gasteiger partial charge in [-0.3, -0.25) is 13.9 Å². The number of carbonyl (C=O) groups is 2. The molecular formula is C34H38N2O8S. The first-order chi connectivity index (χ1) is 21.6. The molecule has 1 amide bonds. The van der Waals surface area contributed by atoms with Gasteiger partial charge in [0.15, 0.2) is 0 Å². The number of amides is 1. The lowest BCUT2D eigenvalue weighted by atomic mass is 9.83. The summed E-state index contributed by atoms with van der Waals surface area (Å²) >= 11 is 0. The number of carbonyl (C=O) groups excluding carboxylic acids is 1. The van der Waals surface area contributed by atoms with Gasteiger partial charge in [0.05, 0.1) is 18.9 Å². The first-order valence-corrected chi connectivity index (χ1v) is 16.5. The van der Waals surface area contributed by atoms with Crippen molar-refractivity contribution >= 4 is 44.4 Å². The molecule has 3 atom stereocenters. The normalized spacial score (nSPS) is 19.0. The standard InChI is InChI=1S/C34H38N2O8S/c1-36(25-8-7-9-27(20-25)43-2)45(41,42)29-21-28-32(22-14-18-26(37)19-15-22)33(34(29)44-28)23-12-16-24(17-13-23)35-30(38)10-5-3-4-6-11-31(39)40/h7-9,12-20,28-29,34,37H,3-6,10-11,21H2,1-2H3,(H,35,38)(H,39,40). The van der Waals surface area contributed by atoms with Gasteiger partial charge in [-0.25, -0.2) is 8.42 Å². The Hall–Kier alpha value is -4.35. The number of nitrogens with one attached hydrogen (secondary N) is 1. The van der Waals surface area contributed by atoms with Gasteiger partial charge in [-0.2, -0.15) is 0 Å². The Labute approximate surface area is 263 Å². The van der Waals surface area contributed by atoms with Crippen molar-refractivity contribution in [2.45, 2.75) is 62.4 Å². The van der Waals surface area contributed by atoms with Crippen LogP contribution in [0.3, 0.4) is 0 Å². The van der Waals surface area contributed by atoms with Gasteiger partial charge < -0.3 is 25.0 Å². The molecule has 0 saturated carbocycles. The van der Waals surface area contributed by atoms with E-state index in [1.165, 1.54) is 18.5 Å². The number of fused-ring (bicyclic) bond motifs is 2. The molecule has 2 aliphatic heterocycles. The van der Waals surface area contributed by atoms with Crippen LogP contribution in [0.4, 0.5) is 11.4 Å². The molecule has 2 aliphatic rings. The zero-order chi connectivity index (χ0) is 32.1. The molecule has 5 rings (SSSR count). The van der Waals surface area contributed by atoms with Crippen molar-refractivity contribution in [1.82, 2.24) is 0 Å². The summed E-state index contributed by atoms with van der Waals surface area (Å²) in [5.41, 5.74) is 4.38. The molecule has 10 nitrogen and oxygen atoms in total. The Morgan fingerprint density at radius 3 is 2.24 bits per heavy atom. The maximum Gasteiger partial charge on any atom is 0.303 e. The zero-order valence-corrected chi connectivity index (χ0v) is 26.1. The Morgan fingerprint density at radius 2 is 1.58 bits per heavy atom. The fourth-order valence-corrected chi connectivity index (χ4v) is 7.77. The van der Waals surface area contributed by atoms with E-state index in [1.54, 1.807) is 60.7 Å². The second-order valence-electron chi connectivity index (χ2n) is 11.3. The number of ether oxygens (including phenoxy) is 2. The lowest BCUT2D eigenvalue weighted by Gasteiger charge is -2.29. The summed E-state index contributed by atoms with van der Waals surface area (Å²) in [7, 11) is -0.785. The molecule has 45 heavy (non-hydrogen) atoms. The molecule has 3 aromatic rings. The number of carboxylic acid groups (broad SMARTS) is 1. The average molecular weight is 635 g/mol. The minimum absolute atomic E-state index is 0.125. The van der Waals surface area contributed by atoms with Crippen molar-refractivity contribution in [3.63, 3.8) is 0 Å². The van der Waals surface area contributed by atoms with Gasteiger partial charge in [-0.15, -0.1) is 0 Å². The van der Waals surface area contributed by atoms with E-state index in [0.717, 1.165) is 35.1 Å². The quantitative estimate of drug-likeness (QED) is 0.192. The Morgan fingerprint density at radius 1 is 0.933 bits per heavy atom. The molecule has 0 aromatic heterocycles. The van der Waals surface area contributed by atoms with E-state index in [2.05, 4.69) is 5.32 Å². The number of carboxylic acids is 1. The van der Waals surface area contributed by atoms with Crippen LogP contribution in [-0.2, 0) is 24.3 Å². The number of unbranched alkanes of at least 4 members (excludes halogenated alkanes) is 3. The molecule has 3 unspecified atom stereocenters. The molecule has 0 aliphatic carbocycles. The SMILES string of the molecule is COc1cccc(N(C)S(=O)(=O)C2CC3OC2C(c2ccc(NC(=O)CCCCCCC(=O)O)cc2)=C3c2ccc(O)cc2)c1. The third-order valence-electron chi connectivity index (χ3n) is 8.38. The van der Waals surface area contributed by atoms with Gasteiger partial charge in [0.25, 0.3) is 0 Å². The zero-order valence-electron chi connectivity index (χ0n) is 25.3. The van der Waals surface area contributed by atoms with Crippen LogP contribution in [0, 0.1) is 0 Å². The predicted octanol–water partition coefficient (Wildman–Crippen LogP) is 5.68. The molecule has 2 heterocycles. The number of phenols is 1. The topological polar surface area (TPSA) is 142 Å². The summed E-state index contributed by atoms with van der Waals surface area (Å²) in [6.07, 6.45) is 2.41. The highest BCUT2D eigenvalue weighted by molar-refractivity contribution is 7.93. The van der Waals surface area contributed by atoms with Crippen molar-refractivity contribution in [1.29, 1.82) is 0 Å². The van der Waals surface area contributed by atoms with Crippen molar-refractivity contribution in [3.05, 3.63) is 83.9 Å². The molecule has 2 bridgehead atoms. The van der Waals surface area contributed by atoms with E-state index in [4.69, 9.17) is 14.6 Å². The number of benzene rings is 3. The maximum atomic E-state index is 14.0. The second kappa shape index (κ2) is 13.7. The fourth-order valence-electron chi connectivity index (χ4n) is 6.03. The van der Waals surface area contributed by atoms with E-state index in [9.17, 15) is 23.1 Å². The molecule has 11 heteroatoms. The molecule has 3 N–H and O–H groups in total. The fraction of sp³-hybridized carbons (Fsp3) is 0.353. The largest absolute Gasteiger partial charge is 0.508 e. The molecule has 1 saturated heterocycles. The van der Waals surface area contributed by atoms with Crippen molar-refractivity contribution in [2.24, 2.45) is 0 Å². The highest BCUT2D eigenvalue weighted by Gasteiger charge is 2.53. The number of methoxy groups -OCH3 is 1. The Kier molecular flexibility index (Phi) is 9.79. The van der Waals surface area contributed by atoms with Gasteiger partial charge in [-0.1, -0.05) is 43.2 Å². The van der Waals surface area contributed by atoms with Crippen molar-refractivity contribution in [3.8, 4) is 11.5 Å². The smallest absolute Gasteiger partial charge is 0.303 e. The molecule has 1 fully saturated rings. The lowest BCUT2D eigenvalue weighted by Crippen LogP contribution is -2.42. The number of phenolic OH excluding ortho intramolecular Hbond substituents is 1. The number of nitrogens with zero attached hydrogens (tertiary/aromatic N) is 1. The van der Waals surface area contributed by atoms with Crippen LogP contribution < -0.4 is 14.4 Å². The maximum absolute atomic E-state index is 14.0. The summed E-state index contributed by atoms with van der Waals surface area (Å²) in [5.74, 6) is -0.251. The molecule has 3 aromatic carbocycles. The van der Waals surface area contributed by atoms with Gasteiger partial charge >= 0.3 is 5.97 Å².